The summed E-state index contributed by atoms with van der Waals surface area (Å²) >= 11 is 0. The maximum absolute atomic E-state index is 6.65. The third kappa shape index (κ3) is 6.05. The lowest BCUT2D eigenvalue weighted by Crippen LogP contribution is -2.19. The number of allylic oxidation sites excluding steroid dienone is 1. The van der Waals surface area contributed by atoms with Crippen molar-refractivity contribution in [3.05, 3.63) is 211 Å². The Morgan fingerprint density at radius 3 is 1.91 bits per heavy atom. The molecule has 14 rings (SSSR count). The summed E-state index contributed by atoms with van der Waals surface area (Å²) in [7, 11) is 0. The molecule has 0 radical (unpaired) electrons. The molecule has 1 N–H and O–H groups in total. The summed E-state index contributed by atoms with van der Waals surface area (Å²) in [6.45, 7) is 0.623. The number of rotatable bonds is 5. The molecule has 314 valence electrons. The number of aliphatic imine (C=N–C) groups is 1. The van der Waals surface area contributed by atoms with Crippen molar-refractivity contribution in [3.8, 4) is 44.6 Å². The van der Waals surface area contributed by atoms with Gasteiger partial charge in [-0.05, 0) is 104 Å². The van der Waals surface area contributed by atoms with Crippen molar-refractivity contribution in [3.63, 3.8) is 0 Å². The van der Waals surface area contributed by atoms with E-state index in [0.29, 0.717) is 6.54 Å². The van der Waals surface area contributed by atoms with Gasteiger partial charge in [0.15, 0.2) is 0 Å². The number of hydrogen-bond donors (Lipinski definition) is 1. The van der Waals surface area contributed by atoms with Crippen molar-refractivity contribution in [2.24, 2.45) is 4.99 Å². The highest BCUT2D eigenvalue weighted by molar-refractivity contribution is 6.23. The minimum atomic E-state index is 0.623. The molecule has 2 aliphatic rings. The average Bonchev–Trinajstić information content (AvgIpc) is 3.80. The summed E-state index contributed by atoms with van der Waals surface area (Å²) in [5, 5.41) is 13.2. The van der Waals surface area contributed by atoms with Gasteiger partial charge in [0.25, 0.3) is 0 Å². The van der Waals surface area contributed by atoms with E-state index in [1.807, 2.05) is 18.3 Å². The van der Waals surface area contributed by atoms with Crippen molar-refractivity contribution in [2.75, 3.05) is 11.9 Å². The summed E-state index contributed by atoms with van der Waals surface area (Å²) < 4.78 is 6.65. The Hall–Kier alpha value is -8.67. The Morgan fingerprint density at radius 2 is 1.09 bits per heavy atom. The summed E-state index contributed by atoms with van der Waals surface area (Å²) in [4.78, 5) is 15.9. The number of aryl methyl sites for hydroxylation is 1. The van der Waals surface area contributed by atoms with Gasteiger partial charge in [-0.15, -0.1) is 0 Å². The minimum absolute atomic E-state index is 0.623. The molecule has 0 amide bonds. The largest absolute Gasteiger partial charge is 0.455 e. The SMILES string of the molecule is C1=Cc2c(c3ccccc3c3nc(-c4cccc(-c5cc(-c6cccc(C7=Nc8c(c9ccccc9c9ccccc89)NC7)c6)cc(-c6cccc7c6oc6ccccc67)c5)c4)cnc23)CC1. The number of furan rings is 1. The van der Waals surface area contributed by atoms with Crippen molar-refractivity contribution >= 4 is 88.5 Å². The zero-order chi connectivity index (χ0) is 44.0. The van der Waals surface area contributed by atoms with Crippen LogP contribution in [0.25, 0.3) is 116 Å². The van der Waals surface area contributed by atoms with Crippen LogP contribution >= 0.6 is 0 Å². The molecule has 1 aliphatic heterocycles. The van der Waals surface area contributed by atoms with Crippen LogP contribution in [0, 0.1) is 0 Å². The van der Waals surface area contributed by atoms with E-state index in [2.05, 4.69) is 187 Å². The molecular weight excluding hydrogens is 817 g/mol. The molecule has 0 atom stereocenters. The second-order valence-corrected chi connectivity index (χ2v) is 17.8. The van der Waals surface area contributed by atoms with E-state index in [-0.39, 0.29) is 0 Å². The standard InChI is InChI=1S/C62H40N4O/c1-5-23-50-45(18-1)47-20-3-7-25-52(47)60-58(50)63-35-55(65-60)39-16-11-14-37(30-39)41-32-42(34-43(33-41)44-27-13-28-54-49-22-9-10-29-57(49)67-62(44)54)38-15-12-17-40(31-38)56-36-64-59-51-24-6-2-19-46(51)48-21-4-8-26-53(48)61(59)66-56/h1,3-18,20-34,36,63H,2,19,35H2. The topological polar surface area (TPSA) is 63.3 Å². The molecule has 1 aliphatic carbocycles. The van der Waals surface area contributed by atoms with Crippen LogP contribution in [0.15, 0.2) is 204 Å². The quantitative estimate of drug-likeness (QED) is 0.175. The van der Waals surface area contributed by atoms with Crippen LogP contribution in [0.3, 0.4) is 0 Å². The van der Waals surface area contributed by atoms with Crippen LogP contribution in [0.2, 0.25) is 0 Å². The second-order valence-electron chi connectivity index (χ2n) is 17.8. The smallest absolute Gasteiger partial charge is 0.143 e. The van der Waals surface area contributed by atoms with Crippen LogP contribution < -0.4 is 5.32 Å². The molecule has 5 heteroatoms. The zero-order valence-electron chi connectivity index (χ0n) is 36.4. The maximum atomic E-state index is 6.65. The Kier molecular flexibility index (Phi) is 8.40. The van der Waals surface area contributed by atoms with Crippen molar-refractivity contribution in [1.82, 2.24) is 9.97 Å². The molecule has 0 saturated carbocycles. The van der Waals surface area contributed by atoms with Crippen LogP contribution in [-0.4, -0.2) is 22.2 Å². The summed E-state index contributed by atoms with van der Waals surface area (Å²) in [5.74, 6) is 0. The zero-order valence-corrected chi connectivity index (χ0v) is 36.4. The van der Waals surface area contributed by atoms with Crippen LogP contribution in [0.1, 0.15) is 23.1 Å². The van der Waals surface area contributed by atoms with E-state index in [4.69, 9.17) is 19.4 Å². The molecule has 0 bridgehead atoms. The highest BCUT2D eigenvalue weighted by atomic mass is 16.3. The third-order valence-electron chi connectivity index (χ3n) is 14.0. The van der Waals surface area contributed by atoms with E-state index in [1.54, 1.807) is 0 Å². The first-order valence-electron chi connectivity index (χ1n) is 23.1. The number of aromatic nitrogens is 2. The summed E-state index contributed by atoms with van der Waals surface area (Å²) in [5.41, 5.74) is 18.8. The van der Waals surface area contributed by atoms with Crippen LogP contribution in [0.4, 0.5) is 11.4 Å². The maximum Gasteiger partial charge on any atom is 0.143 e. The summed E-state index contributed by atoms with van der Waals surface area (Å²) in [6.07, 6.45) is 8.49. The first-order chi connectivity index (χ1) is 33.2. The molecule has 3 heterocycles. The minimum Gasteiger partial charge on any atom is -0.455 e. The molecule has 0 spiro atoms. The normalized spacial score (nSPS) is 13.3. The first-order valence-corrected chi connectivity index (χ1v) is 23.1. The lowest BCUT2D eigenvalue weighted by molar-refractivity contribution is 0.670. The molecular formula is C62H40N4O. The Bertz CT molecular complexity index is 4120. The van der Waals surface area contributed by atoms with Gasteiger partial charge < -0.3 is 9.73 Å². The predicted octanol–water partition coefficient (Wildman–Crippen LogP) is 16.2. The van der Waals surface area contributed by atoms with Gasteiger partial charge in [-0.1, -0.05) is 158 Å². The molecule has 0 fully saturated rings. The molecule has 10 aromatic carbocycles. The summed E-state index contributed by atoms with van der Waals surface area (Å²) in [6, 6.07) is 65.2. The molecule has 0 unspecified atom stereocenters. The number of hydrogen-bond acceptors (Lipinski definition) is 5. The monoisotopic (exact) mass is 856 g/mol. The third-order valence-corrected chi connectivity index (χ3v) is 14.0. The van der Waals surface area contributed by atoms with E-state index < -0.39 is 0 Å². The second kappa shape index (κ2) is 14.9. The molecule has 5 nitrogen and oxygen atoms in total. The number of benzene rings is 10. The number of para-hydroxylation sites is 2. The molecule has 12 aromatic rings. The highest BCUT2D eigenvalue weighted by Gasteiger charge is 2.22. The number of fused-ring (bicyclic) bond motifs is 15. The lowest BCUT2D eigenvalue weighted by atomic mass is 9.90. The van der Waals surface area contributed by atoms with Gasteiger partial charge in [0, 0.05) is 43.6 Å². The number of nitrogens with one attached hydrogen (secondary N) is 1. The fraction of sp³-hybridized carbons (Fsp3) is 0.0484. The van der Waals surface area contributed by atoms with Gasteiger partial charge in [-0.2, -0.15) is 0 Å². The van der Waals surface area contributed by atoms with Gasteiger partial charge in [0.2, 0.25) is 0 Å². The molecule has 0 saturated heterocycles. The Labute approximate surface area is 386 Å². The van der Waals surface area contributed by atoms with Gasteiger partial charge in [0.05, 0.1) is 46.6 Å². The van der Waals surface area contributed by atoms with Crippen molar-refractivity contribution < 1.29 is 4.42 Å². The Balaban J connectivity index is 0.923. The number of nitrogens with zero attached hydrogens (tertiary/aromatic N) is 3. The Morgan fingerprint density at radius 1 is 0.478 bits per heavy atom. The molecule has 2 aromatic heterocycles. The van der Waals surface area contributed by atoms with Gasteiger partial charge in [-0.25, -0.2) is 9.98 Å². The molecule has 67 heavy (non-hydrogen) atoms. The van der Waals surface area contributed by atoms with E-state index in [9.17, 15) is 0 Å². The first kappa shape index (κ1) is 37.7. The van der Waals surface area contributed by atoms with Crippen LogP contribution in [0.5, 0.6) is 0 Å². The van der Waals surface area contributed by atoms with E-state index in [0.717, 1.165) is 124 Å². The fourth-order valence-electron chi connectivity index (χ4n) is 10.8. The van der Waals surface area contributed by atoms with Crippen molar-refractivity contribution in [1.29, 1.82) is 0 Å². The van der Waals surface area contributed by atoms with Gasteiger partial charge >= 0.3 is 0 Å². The van der Waals surface area contributed by atoms with Crippen LogP contribution in [-0.2, 0) is 6.42 Å². The van der Waals surface area contributed by atoms with Crippen molar-refractivity contribution in [2.45, 2.75) is 12.8 Å². The van der Waals surface area contributed by atoms with Gasteiger partial charge in [0.1, 0.15) is 11.2 Å². The van der Waals surface area contributed by atoms with E-state index in [1.165, 1.54) is 32.7 Å². The number of anilines is 1. The highest BCUT2D eigenvalue weighted by Crippen LogP contribution is 2.45. The average molecular weight is 857 g/mol. The fourth-order valence-corrected chi connectivity index (χ4v) is 10.8. The lowest BCUT2D eigenvalue weighted by Gasteiger charge is -2.22. The van der Waals surface area contributed by atoms with E-state index >= 15 is 0 Å². The van der Waals surface area contributed by atoms with Gasteiger partial charge in [-0.3, -0.25) is 4.98 Å². The predicted molar refractivity (Wildman–Crippen MR) is 280 cm³/mol.